The Morgan fingerprint density at radius 3 is 2.30 bits per heavy atom. The Balaban J connectivity index is 0.00000484. The third-order valence-corrected chi connectivity index (χ3v) is 6.64. The van der Waals surface area contributed by atoms with Gasteiger partial charge in [-0.3, -0.25) is 0 Å². The van der Waals surface area contributed by atoms with Crippen LogP contribution in [0.4, 0.5) is 0 Å². The first kappa shape index (κ1) is 23.4. The fraction of sp³-hybridized carbons (Fsp3) is 0.700. The molecule has 0 aliphatic heterocycles. The van der Waals surface area contributed by atoms with Crippen LogP contribution in [0.15, 0.2) is 30.3 Å². The summed E-state index contributed by atoms with van der Waals surface area (Å²) < 4.78 is 0. The number of benzene rings is 1. The molecule has 0 heterocycles. The van der Waals surface area contributed by atoms with Crippen LogP contribution < -0.4 is 24.0 Å². The van der Waals surface area contributed by atoms with Crippen molar-refractivity contribution in [2.24, 2.45) is 5.92 Å². The molecule has 0 spiro atoms. The number of unbranched alkanes of at least 4 members (excludes halogenated alkanes) is 3. The van der Waals surface area contributed by atoms with Gasteiger partial charge in [-0.15, -0.1) is 0 Å². The minimum atomic E-state index is -0.434. The van der Waals surface area contributed by atoms with E-state index >= 15 is 0 Å². The first-order valence-electron chi connectivity index (χ1n) is 8.88. The zero-order valence-corrected chi connectivity index (χ0v) is 19.0. The number of aryl methyl sites for hydroxylation is 1. The van der Waals surface area contributed by atoms with Crippen molar-refractivity contribution in [2.75, 3.05) is 0 Å². The van der Waals surface area contributed by atoms with Gasteiger partial charge in [0.25, 0.3) is 0 Å². The van der Waals surface area contributed by atoms with Crippen LogP contribution in [0.3, 0.4) is 0 Å². The van der Waals surface area contributed by atoms with Gasteiger partial charge in [0, 0.05) is 0 Å². The third kappa shape index (κ3) is 12.4. The molecular formula is C20H35IOSe. The topological polar surface area (TPSA) is 20.2 Å². The number of aliphatic hydroxyl groups excluding tert-OH is 1. The Bertz CT molecular complexity index is 369. The molecule has 1 nitrogen and oxygen atoms in total. The summed E-state index contributed by atoms with van der Waals surface area (Å²) in [5.74, 6) is 5.55. The summed E-state index contributed by atoms with van der Waals surface area (Å²) in [4.78, 5) is 0. The predicted molar refractivity (Wildman–Crippen MR) is 99.9 cm³/mol. The van der Waals surface area contributed by atoms with Gasteiger partial charge in [0.15, 0.2) is 0 Å². The molecular weight excluding hydrogens is 462 g/mol. The molecule has 0 aliphatic carbocycles. The van der Waals surface area contributed by atoms with Gasteiger partial charge in [-0.2, -0.15) is 0 Å². The number of hydrogen-bond acceptors (Lipinski definition) is 1. The molecule has 23 heavy (non-hydrogen) atoms. The second-order valence-electron chi connectivity index (χ2n) is 6.78. The molecule has 0 bridgehead atoms. The summed E-state index contributed by atoms with van der Waals surface area (Å²) in [5, 5.41) is 11.7. The number of halogens is 1. The minimum Gasteiger partial charge on any atom is -1.00 e. The van der Waals surface area contributed by atoms with Crippen LogP contribution in [-0.2, 0) is 6.42 Å². The van der Waals surface area contributed by atoms with E-state index in [0.29, 0.717) is 5.92 Å². The zero-order chi connectivity index (χ0) is 16.2. The van der Waals surface area contributed by atoms with Gasteiger partial charge in [0.1, 0.15) is 0 Å². The van der Waals surface area contributed by atoms with Crippen molar-refractivity contribution in [1.82, 2.24) is 0 Å². The molecule has 0 aliphatic rings. The summed E-state index contributed by atoms with van der Waals surface area (Å²) in [6, 6.07) is 10.8. The summed E-state index contributed by atoms with van der Waals surface area (Å²) in [5.41, 5.74) is 1.44. The van der Waals surface area contributed by atoms with E-state index in [9.17, 15) is 5.11 Å². The monoisotopic (exact) mass is 498 g/mol. The van der Waals surface area contributed by atoms with E-state index < -0.39 is 13.9 Å². The standard InChI is InChI=1S/C20H35OSe.HI/c1-4-5-6-10-13-20(21)16-19(17-22(2)3)15-14-18-11-8-7-9-12-18;/h7-9,11-12,19-21H,4-6,10,13-17H2,1-3H3;1H/q+1;/p-1. The van der Waals surface area contributed by atoms with Crippen molar-refractivity contribution in [1.29, 1.82) is 0 Å². The van der Waals surface area contributed by atoms with E-state index in [1.807, 2.05) is 0 Å². The molecule has 134 valence electrons. The molecule has 1 N–H and O–H groups in total. The van der Waals surface area contributed by atoms with Gasteiger partial charge < -0.3 is 24.0 Å². The van der Waals surface area contributed by atoms with E-state index in [1.54, 1.807) is 0 Å². The van der Waals surface area contributed by atoms with Crippen LogP contribution >= 0.6 is 0 Å². The Morgan fingerprint density at radius 2 is 1.70 bits per heavy atom. The first-order valence-corrected chi connectivity index (χ1v) is 13.5. The summed E-state index contributed by atoms with van der Waals surface area (Å²) in [6.07, 6.45) is 9.38. The van der Waals surface area contributed by atoms with Crippen LogP contribution in [0.25, 0.3) is 0 Å². The van der Waals surface area contributed by atoms with Gasteiger partial charge in [0.2, 0.25) is 0 Å². The molecule has 0 amide bonds. The van der Waals surface area contributed by atoms with Crippen LogP contribution in [-0.4, -0.2) is 25.1 Å². The Hall–Kier alpha value is 0.429. The molecule has 1 rings (SSSR count). The molecule has 0 fully saturated rings. The van der Waals surface area contributed by atoms with Gasteiger partial charge >= 0.3 is 142 Å². The fourth-order valence-electron chi connectivity index (χ4n) is 3.07. The maximum atomic E-state index is 10.3. The molecule has 0 aromatic heterocycles. The predicted octanol–water partition coefficient (Wildman–Crippen LogP) is 2.72. The van der Waals surface area contributed by atoms with E-state index in [1.165, 1.54) is 43.0 Å². The Kier molecular flexibility index (Phi) is 15.0. The van der Waals surface area contributed by atoms with E-state index in [4.69, 9.17) is 0 Å². The van der Waals surface area contributed by atoms with Crippen LogP contribution in [0, 0.1) is 5.92 Å². The van der Waals surface area contributed by atoms with E-state index in [-0.39, 0.29) is 30.1 Å². The Labute approximate surface area is 165 Å². The maximum Gasteiger partial charge on any atom is -1.00 e. The molecule has 2 atom stereocenters. The van der Waals surface area contributed by atoms with E-state index in [2.05, 4.69) is 48.9 Å². The smallest absolute Gasteiger partial charge is 1.00 e. The second-order valence-corrected chi connectivity index (χ2v) is 11.6. The van der Waals surface area contributed by atoms with Gasteiger partial charge in [0.05, 0.1) is 0 Å². The van der Waals surface area contributed by atoms with Crippen LogP contribution in [0.1, 0.15) is 57.4 Å². The third-order valence-electron chi connectivity index (χ3n) is 4.25. The van der Waals surface area contributed by atoms with Gasteiger partial charge in [-0.1, -0.05) is 0 Å². The molecule has 2 unspecified atom stereocenters. The number of aliphatic hydroxyl groups is 1. The molecule has 0 saturated heterocycles. The second kappa shape index (κ2) is 14.7. The van der Waals surface area contributed by atoms with Crippen molar-refractivity contribution in [3.63, 3.8) is 0 Å². The molecule has 3 heteroatoms. The van der Waals surface area contributed by atoms with Crippen LogP contribution in [0.5, 0.6) is 0 Å². The number of hydrogen-bond donors (Lipinski definition) is 1. The summed E-state index contributed by atoms with van der Waals surface area (Å²) >= 11 is -0.434. The van der Waals surface area contributed by atoms with Crippen molar-refractivity contribution in [3.05, 3.63) is 35.9 Å². The molecule has 1 aromatic carbocycles. The average Bonchev–Trinajstić information content (AvgIpc) is 2.50. The van der Waals surface area contributed by atoms with Crippen LogP contribution in [0.2, 0.25) is 17.0 Å². The molecule has 0 radical (unpaired) electrons. The zero-order valence-electron chi connectivity index (χ0n) is 15.1. The average molecular weight is 497 g/mol. The first-order chi connectivity index (χ1) is 10.6. The molecule has 0 saturated carbocycles. The largest absolute Gasteiger partial charge is 1.00 e. The van der Waals surface area contributed by atoms with Crippen molar-refractivity contribution >= 4 is 13.9 Å². The van der Waals surface area contributed by atoms with Gasteiger partial charge in [-0.05, 0) is 0 Å². The summed E-state index contributed by atoms with van der Waals surface area (Å²) in [7, 11) is 0. The quantitative estimate of drug-likeness (QED) is 0.268. The summed E-state index contributed by atoms with van der Waals surface area (Å²) in [6.45, 7) is 2.24. The van der Waals surface area contributed by atoms with E-state index in [0.717, 1.165) is 19.3 Å². The maximum absolute atomic E-state index is 10.3. The minimum absolute atomic E-state index is 0. The van der Waals surface area contributed by atoms with Crippen molar-refractivity contribution in [2.45, 2.75) is 81.4 Å². The Morgan fingerprint density at radius 1 is 1.00 bits per heavy atom. The van der Waals surface area contributed by atoms with Crippen molar-refractivity contribution in [3.8, 4) is 0 Å². The van der Waals surface area contributed by atoms with Crippen molar-refractivity contribution < 1.29 is 29.1 Å². The normalized spacial score (nSPS) is 13.6. The number of rotatable bonds is 12. The van der Waals surface area contributed by atoms with Gasteiger partial charge in [-0.25, -0.2) is 0 Å². The fourth-order valence-corrected chi connectivity index (χ4v) is 5.68. The SMILES string of the molecule is CCCCCCC(O)CC(CCc1ccccc1)C[Se+](C)C.[I-]. The molecule has 1 aromatic rings.